The van der Waals surface area contributed by atoms with Crippen molar-refractivity contribution in [2.75, 3.05) is 13.2 Å². The summed E-state index contributed by atoms with van der Waals surface area (Å²) in [6, 6.07) is 0. The maximum Gasteiger partial charge on any atom is 0.306 e. The van der Waals surface area contributed by atoms with Crippen molar-refractivity contribution in [3.05, 3.63) is 72.9 Å². The molecule has 0 heterocycles. The van der Waals surface area contributed by atoms with Crippen molar-refractivity contribution in [2.45, 2.75) is 284 Å². The van der Waals surface area contributed by atoms with Crippen molar-refractivity contribution < 1.29 is 28.6 Å². The van der Waals surface area contributed by atoms with Crippen LogP contribution in [0.4, 0.5) is 0 Å². The molecule has 0 unspecified atom stereocenters. The molecule has 0 N–H and O–H groups in total. The lowest BCUT2D eigenvalue weighted by atomic mass is 10.0. The molecule has 0 spiro atoms. The van der Waals surface area contributed by atoms with Crippen LogP contribution in [0.25, 0.3) is 0 Å². The fourth-order valence-electron chi connectivity index (χ4n) is 7.87. The van der Waals surface area contributed by atoms with Gasteiger partial charge in [0, 0.05) is 19.3 Å². The Kier molecular flexibility index (Phi) is 52.8. The lowest BCUT2D eigenvalue weighted by Gasteiger charge is -2.18. The molecule has 0 aromatic carbocycles. The normalized spacial score (nSPS) is 12.2. The number of hydrogen-bond acceptors (Lipinski definition) is 6. The molecular formula is C61H106O6. The van der Waals surface area contributed by atoms with E-state index in [4.69, 9.17) is 14.2 Å². The van der Waals surface area contributed by atoms with E-state index in [1.807, 2.05) is 0 Å². The van der Waals surface area contributed by atoms with Crippen LogP contribution in [0.15, 0.2) is 72.9 Å². The van der Waals surface area contributed by atoms with Gasteiger partial charge >= 0.3 is 17.9 Å². The van der Waals surface area contributed by atoms with Gasteiger partial charge in [-0.2, -0.15) is 0 Å². The Morgan fingerprint density at radius 1 is 0.299 bits per heavy atom. The second-order valence-corrected chi connectivity index (χ2v) is 18.8. The van der Waals surface area contributed by atoms with Gasteiger partial charge in [0.1, 0.15) is 13.2 Å². The second-order valence-electron chi connectivity index (χ2n) is 18.8. The molecule has 0 aromatic heterocycles. The standard InChI is InChI=1S/C61H106O6/c1-4-7-10-13-16-19-22-25-28-30-33-35-38-41-44-47-50-53-59(62)65-56-58(67-61(64)55-52-49-46-43-40-37-32-27-24-21-18-15-12-9-6-3)57-66-60(63)54-51-48-45-42-39-36-34-31-29-26-23-20-17-14-11-8-5-2/h16-17,19-20,25-26,28-29,33-36,58H,4-15,18,21-24,27,30-32,37-57H2,1-3H3/b19-16-,20-17-,28-25-,29-26-,35-33-,36-34-. The third kappa shape index (κ3) is 53.7. The SMILES string of the molecule is CCCCC/C=C\C/C=C\C/C=C\CCCCCCC(=O)OCC(COC(=O)CCCCCC/C=C\C/C=C\C/C=C\CCCCC)OC(=O)CCCCCCCCCCCCCCCCC. The number of hydrogen-bond donors (Lipinski definition) is 0. The largest absolute Gasteiger partial charge is 0.462 e. The van der Waals surface area contributed by atoms with E-state index in [-0.39, 0.29) is 31.1 Å². The van der Waals surface area contributed by atoms with E-state index >= 15 is 0 Å². The molecule has 67 heavy (non-hydrogen) atoms. The molecule has 0 aliphatic rings. The summed E-state index contributed by atoms with van der Waals surface area (Å²) in [5.74, 6) is -0.924. The fraction of sp³-hybridized carbons (Fsp3) is 0.754. The number of unbranched alkanes of at least 4 members (excludes halogenated alkanes) is 28. The van der Waals surface area contributed by atoms with Crippen LogP contribution in [0.5, 0.6) is 0 Å². The van der Waals surface area contributed by atoms with E-state index in [0.29, 0.717) is 19.3 Å². The Morgan fingerprint density at radius 3 is 0.866 bits per heavy atom. The maximum absolute atomic E-state index is 12.8. The van der Waals surface area contributed by atoms with Gasteiger partial charge in [0.05, 0.1) is 0 Å². The number of rotatable bonds is 51. The molecule has 6 heteroatoms. The minimum atomic E-state index is -0.793. The molecule has 0 amide bonds. The molecule has 0 aliphatic heterocycles. The number of esters is 3. The van der Waals surface area contributed by atoms with E-state index in [0.717, 1.165) is 109 Å². The first kappa shape index (κ1) is 63.8. The number of carbonyl (C=O) groups excluding carboxylic acids is 3. The molecule has 0 aliphatic carbocycles. The van der Waals surface area contributed by atoms with Gasteiger partial charge in [-0.15, -0.1) is 0 Å². The van der Waals surface area contributed by atoms with Crippen molar-refractivity contribution in [1.82, 2.24) is 0 Å². The number of allylic oxidation sites excluding steroid dienone is 12. The first-order valence-corrected chi connectivity index (χ1v) is 28.4. The third-order valence-corrected chi connectivity index (χ3v) is 12.2. The van der Waals surface area contributed by atoms with Gasteiger partial charge in [0.2, 0.25) is 0 Å². The molecule has 0 saturated heterocycles. The highest BCUT2D eigenvalue weighted by molar-refractivity contribution is 5.71. The molecule has 0 fully saturated rings. The summed E-state index contributed by atoms with van der Waals surface area (Å²) in [5, 5.41) is 0. The van der Waals surface area contributed by atoms with Crippen molar-refractivity contribution in [3.63, 3.8) is 0 Å². The van der Waals surface area contributed by atoms with E-state index in [1.165, 1.54) is 128 Å². The average molecular weight is 936 g/mol. The van der Waals surface area contributed by atoms with Crippen LogP contribution < -0.4 is 0 Å². The van der Waals surface area contributed by atoms with Gasteiger partial charge in [-0.05, 0) is 96.3 Å². The minimum absolute atomic E-state index is 0.0926. The van der Waals surface area contributed by atoms with Crippen molar-refractivity contribution >= 4 is 17.9 Å². The topological polar surface area (TPSA) is 78.9 Å². The molecule has 0 aromatic rings. The van der Waals surface area contributed by atoms with E-state index in [2.05, 4.69) is 93.7 Å². The Labute approximate surface area is 414 Å². The summed E-state index contributed by atoms with van der Waals surface area (Å²) < 4.78 is 16.8. The Morgan fingerprint density at radius 2 is 0.537 bits per heavy atom. The predicted octanol–water partition coefficient (Wildman–Crippen LogP) is 19.0. The van der Waals surface area contributed by atoms with Crippen LogP contribution in [-0.2, 0) is 28.6 Å². The summed E-state index contributed by atoms with van der Waals surface area (Å²) in [7, 11) is 0. The van der Waals surface area contributed by atoms with E-state index in [9.17, 15) is 14.4 Å². The molecule has 6 nitrogen and oxygen atoms in total. The van der Waals surface area contributed by atoms with Gasteiger partial charge in [0.15, 0.2) is 6.10 Å². The maximum atomic E-state index is 12.8. The van der Waals surface area contributed by atoms with Crippen LogP contribution in [0.1, 0.15) is 278 Å². The molecule has 0 saturated carbocycles. The van der Waals surface area contributed by atoms with Gasteiger partial charge in [-0.25, -0.2) is 0 Å². The zero-order chi connectivity index (χ0) is 48.6. The molecule has 0 radical (unpaired) electrons. The van der Waals surface area contributed by atoms with Gasteiger partial charge in [-0.3, -0.25) is 14.4 Å². The monoisotopic (exact) mass is 935 g/mol. The van der Waals surface area contributed by atoms with Crippen molar-refractivity contribution in [1.29, 1.82) is 0 Å². The van der Waals surface area contributed by atoms with Crippen LogP contribution in [0, 0.1) is 0 Å². The van der Waals surface area contributed by atoms with Crippen LogP contribution in [0.3, 0.4) is 0 Å². The number of ether oxygens (including phenoxy) is 3. The summed E-state index contributed by atoms with van der Waals surface area (Å²) in [5.41, 5.74) is 0. The second kappa shape index (κ2) is 55.4. The first-order chi connectivity index (χ1) is 33.0. The first-order valence-electron chi connectivity index (χ1n) is 28.4. The fourth-order valence-corrected chi connectivity index (χ4v) is 7.87. The average Bonchev–Trinajstić information content (AvgIpc) is 3.33. The predicted molar refractivity (Wildman–Crippen MR) is 288 cm³/mol. The minimum Gasteiger partial charge on any atom is -0.462 e. The smallest absolute Gasteiger partial charge is 0.306 e. The molecule has 0 bridgehead atoms. The number of carbonyl (C=O) groups is 3. The Bertz CT molecular complexity index is 1190. The van der Waals surface area contributed by atoms with Crippen LogP contribution in [-0.4, -0.2) is 37.2 Å². The zero-order valence-corrected chi connectivity index (χ0v) is 44.2. The Balaban J connectivity index is 4.45. The van der Waals surface area contributed by atoms with E-state index < -0.39 is 6.10 Å². The highest BCUT2D eigenvalue weighted by Gasteiger charge is 2.19. The van der Waals surface area contributed by atoms with Gasteiger partial charge in [-0.1, -0.05) is 235 Å². The lowest BCUT2D eigenvalue weighted by molar-refractivity contribution is -0.167. The zero-order valence-electron chi connectivity index (χ0n) is 44.2. The lowest BCUT2D eigenvalue weighted by Crippen LogP contribution is -2.30. The van der Waals surface area contributed by atoms with Crippen LogP contribution in [0.2, 0.25) is 0 Å². The summed E-state index contributed by atoms with van der Waals surface area (Å²) in [6.45, 7) is 6.56. The summed E-state index contributed by atoms with van der Waals surface area (Å²) in [6.07, 6.45) is 70.2. The Hall–Kier alpha value is -3.15. The van der Waals surface area contributed by atoms with Crippen LogP contribution >= 0.6 is 0 Å². The molecule has 0 rings (SSSR count). The van der Waals surface area contributed by atoms with Crippen molar-refractivity contribution in [2.24, 2.45) is 0 Å². The highest BCUT2D eigenvalue weighted by Crippen LogP contribution is 2.15. The van der Waals surface area contributed by atoms with Gasteiger partial charge < -0.3 is 14.2 Å². The summed E-state index contributed by atoms with van der Waals surface area (Å²) in [4.78, 5) is 38.1. The quantitative estimate of drug-likeness (QED) is 0.0262. The van der Waals surface area contributed by atoms with E-state index in [1.54, 1.807) is 0 Å². The molecule has 386 valence electrons. The summed E-state index contributed by atoms with van der Waals surface area (Å²) >= 11 is 0. The highest BCUT2D eigenvalue weighted by atomic mass is 16.6. The van der Waals surface area contributed by atoms with Crippen molar-refractivity contribution in [3.8, 4) is 0 Å². The van der Waals surface area contributed by atoms with Gasteiger partial charge in [0.25, 0.3) is 0 Å². The third-order valence-electron chi connectivity index (χ3n) is 12.2. The molecular weight excluding hydrogens is 829 g/mol. The molecule has 0 atom stereocenters.